The molecule has 1 saturated heterocycles. The van der Waals surface area contributed by atoms with E-state index >= 15 is 0 Å². The van der Waals surface area contributed by atoms with E-state index in [-0.39, 0.29) is 5.54 Å². The van der Waals surface area contributed by atoms with Gasteiger partial charge in [0, 0.05) is 12.1 Å². The highest BCUT2D eigenvalue weighted by Crippen LogP contribution is 2.14. The maximum Gasteiger partial charge on any atom is 0.0266 e. The van der Waals surface area contributed by atoms with Gasteiger partial charge >= 0.3 is 0 Å². The maximum absolute atomic E-state index is 5.83. The van der Waals surface area contributed by atoms with Crippen LogP contribution in [0.5, 0.6) is 0 Å². The van der Waals surface area contributed by atoms with Gasteiger partial charge < -0.3 is 10.6 Å². The van der Waals surface area contributed by atoms with Crippen LogP contribution in [0.25, 0.3) is 0 Å². The van der Waals surface area contributed by atoms with Gasteiger partial charge in [-0.3, -0.25) is 0 Å². The normalized spacial score (nSPS) is 40.9. The van der Waals surface area contributed by atoms with Gasteiger partial charge in [0.05, 0.1) is 0 Å². The number of likely N-dealkylation sites (N-methyl/N-ethyl adjacent to an activating group) is 1. The molecule has 0 bridgehead atoms. The third-order valence-corrected chi connectivity index (χ3v) is 1.70. The second kappa shape index (κ2) is 1.71. The number of likely N-dealkylation sites (tertiary alicyclic amines) is 1. The zero-order valence-electron chi connectivity index (χ0n) is 5.65. The Morgan fingerprint density at radius 1 is 1.62 bits per heavy atom. The van der Waals surface area contributed by atoms with E-state index in [1.165, 1.54) is 0 Å². The molecule has 0 spiro atoms. The molecule has 0 radical (unpaired) electrons. The predicted molar refractivity (Wildman–Crippen MR) is 34.7 cm³/mol. The van der Waals surface area contributed by atoms with Gasteiger partial charge in [0.15, 0.2) is 0 Å². The topological polar surface area (TPSA) is 29.3 Å². The third kappa shape index (κ3) is 1.20. The van der Waals surface area contributed by atoms with E-state index in [9.17, 15) is 0 Å². The van der Waals surface area contributed by atoms with E-state index < -0.39 is 0 Å². The van der Waals surface area contributed by atoms with Crippen molar-refractivity contribution >= 4 is 0 Å². The van der Waals surface area contributed by atoms with Crippen molar-refractivity contribution in [1.82, 2.24) is 4.90 Å². The van der Waals surface area contributed by atoms with Crippen molar-refractivity contribution in [2.24, 2.45) is 5.73 Å². The monoisotopic (exact) mass is 114 g/mol. The Bertz CT molecular complexity index is 88.5. The molecule has 1 atom stereocenters. The Morgan fingerprint density at radius 3 is 2.38 bits per heavy atom. The highest BCUT2D eigenvalue weighted by Gasteiger charge is 2.26. The van der Waals surface area contributed by atoms with E-state index in [1.54, 1.807) is 0 Å². The van der Waals surface area contributed by atoms with Gasteiger partial charge in [0.25, 0.3) is 0 Å². The zero-order valence-corrected chi connectivity index (χ0v) is 5.65. The molecule has 1 aliphatic rings. The van der Waals surface area contributed by atoms with Crippen molar-refractivity contribution in [2.45, 2.75) is 18.9 Å². The Hall–Kier alpha value is -0.0800. The Morgan fingerprint density at radius 2 is 2.25 bits per heavy atom. The smallest absolute Gasteiger partial charge is 0.0266 e. The zero-order chi connectivity index (χ0) is 6.20. The molecule has 0 aromatic rings. The molecule has 2 nitrogen and oxygen atoms in total. The van der Waals surface area contributed by atoms with Crippen LogP contribution in [0.1, 0.15) is 13.3 Å². The van der Waals surface area contributed by atoms with Gasteiger partial charge in [0.1, 0.15) is 0 Å². The van der Waals surface area contributed by atoms with Crippen LogP contribution in [0.4, 0.5) is 0 Å². The second-order valence-electron chi connectivity index (χ2n) is 3.14. The van der Waals surface area contributed by atoms with E-state index in [1.807, 2.05) is 0 Å². The fourth-order valence-electron chi connectivity index (χ4n) is 1.22. The minimum absolute atomic E-state index is 0.0920. The van der Waals surface area contributed by atoms with Crippen LogP contribution in [-0.4, -0.2) is 30.6 Å². The summed E-state index contributed by atoms with van der Waals surface area (Å²) < 4.78 is 0. The van der Waals surface area contributed by atoms with Gasteiger partial charge in [-0.05, 0) is 26.9 Å². The first-order valence-electron chi connectivity index (χ1n) is 3.08. The molecule has 0 aromatic heterocycles. The summed E-state index contributed by atoms with van der Waals surface area (Å²) in [5, 5.41) is 0. The Labute approximate surface area is 50.7 Å². The molecular formula is C6H14N2. The number of hydrogen-bond donors (Lipinski definition) is 1. The van der Waals surface area contributed by atoms with Crippen LogP contribution in [0.2, 0.25) is 0 Å². The Balaban J connectivity index is 2.44. The van der Waals surface area contributed by atoms with E-state index in [2.05, 4.69) is 18.9 Å². The molecule has 1 fully saturated rings. The average molecular weight is 114 g/mol. The van der Waals surface area contributed by atoms with Gasteiger partial charge in [-0.1, -0.05) is 0 Å². The molecule has 2 heteroatoms. The predicted octanol–water partition coefficient (Wildman–Crippen LogP) is 0.0393. The lowest BCUT2D eigenvalue weighted by atomic mass is 10.0. The summed E-state index contributed by atoms with van der Waals surface area (Å²) in [4.78, 5) is 2.26. The molecule has 8 heavy (non-hydrogen) atoms. The molecule has 1 rings (SSSR count). The van der Waals surface area contributed by atoms with Crippen molar-refractivity contribution in [3.05, 3.63) is 0 Å². The van der Waals surface area contributed by atoms with Crippen molar-refractivity contribution in [2.75, 3.05) is 20.1 Å². The van der Waals surface area contributed by atoms with Crippen LogP contribution < -0.4 is 5.73 Å². The number of hydrogen-bond acceptors (Lipinski definition) is 2. The van der Waals surface area contributed by atoms with Crippen LogP contribution in [-0.2, 0) is 0 Å². The van der Waals surface area contributed by atoms with Crippen molar-refractivity contribution in [1.29, 1.82) is 0 Å². The lowest BCUT2D eigenvalue weighted by molar-refractivity contribution is 0.382. The first-order chi connectivity index (χ1) is 3.60. The summed E-state index contributed by atoms with van der Waals surface area (Å²) in [6.07, 6.45) is 1.14. The fraction of sp³-hybridized carbons (Fsp3) is 1.00. The van der Waals surface area contributed by atoms with Crippen molar-refractivity contribution < 1.29 is 0 Å². The van der Waals surface area contributed by atoms with Crippen LogP contribution in [0.3, 0.4) is 0 Å². The minimum atomic E-state index is 0.0920. The summed E-state index contributed by atoms with van der Waals surface area (Å²) >= 11 is 0. The SMILES string of the molecule is CN1CCC(C)(N)C1. The summed E-state index contributed by atoms with van der Waals surface area (Å²) in [5.74, 6) is 0. The standard InChI is InChI=1S/C6H14N2/c1-6(7)3-4-8(2)5-6/h3-5,7H2,1-2H3. The van der Waals surface area contributed by atoms with Gasteiger partial charge in [-0.15, -0.1) is 0 Å². The van der Waals surface area contributed by atoms with Crippen molar-refractivity contribution in [3.8, 4) is 0 Å². The van der Waals surface area contributed by atoms with Gasteiger partial charge in [-0.2, -0.15) is 0 Å². The molecule has 48 valence electrons. The fourth-order valence-corrected chi connectivity index (χ4v) is 1.22. The highest BCUT2D eigenvalue weighted by molar-refractivity contribution is 4.88. The quantitative estimate of drug-likeness (QED) is 0.482. The van der Waals surface area contributed by atoms with Crippen LogP contribution in [0, 0.1) is 0 Å². The largest absolute Gasteiger partial charge is 0.324 e. The van der Waals surface area contributed by atoms with Crippen LogP contribution in [0.15, 0.2) is 0 Å². The molecule has 0 aromatic carbocycles. The summed E-state index contributed by atoms with van der Waals surface area (Å²) in [7, 11) is 2.11. The van der Waals surface area contributed by atoms with Gasteiger partial charge in [0.2, 0.25) is 0 Å². The van der Waals surface area contributed by atoms with Gasteiger partial charge in [-0.25, -0.2) is 0 Å². The Kier molecular flexibility index (Phi) is 1.29. The first-order valence-corrected chi connectivity index (χ1v) is 3.08. The lowest BCUT2D eigenvalue weighted by Gasteiger charge is -2.15. The molecule has 0 amide bonds. The maximum atomic E-state index is 5.83. The van der Waals surface area contributed by atoms with Crippen LogP contribution >= 0.6 is 0 Å². The van der Waals surface area contributed by atoms with E-state index in [0.29, 0.717) is 0 Å². The first kappa shape index (κ1) is 6.05. The second-order valence-corrected chi connectivity index (χ2v) is 3.14. The van der Waals surface area contributed by atoms with E-state index in [4.69, 9.17) is 5.73 Å². The highest BCUT2D eigenvalue weighted by atomic mass is 15.1. The summed E-state index contributed by atoms with van der Waals surface area (Å²) in [5.41, 5.74) is 5.92. The number of rotatable bonds is 0. The average Bonchev–Trinajstić information content (AvgIpc) is 1.82. The van der Waals surface area contributed by atoms with E-state index in [0.717, 1.165) is 19.5 Å². The molecule has 0 aliphatic carbocycles. The molecule has 1 heterocycles. The molecule has 2 N–H and O–H groups in total. The molecule has 1 aliphatic heterocycles. The molecular weight excluding hydrogens is 100 g/mol. The lowest BCUT2D eigenvalue weighted by Crippen LogP contribution is -2.38. The summed E-state index contributed by atoms with van der Waals surface area (Å²) in [6.45, 7) is 4.32. The number of nitrogens with two attached hydrogens (primary N) is 1. The number of nitrogens with zero attached hydrogens (tertiary/aromatic N) is 1. The summed E-state index contributed by atoms with van der Waals surface area (Å²) in [6, 6.07) is 0. The third-order valence-electron chi connectivity index (χ3n) is 1.70. The minimum Gasteiger partial charge on any atom is -0.324 e. The van der Waals surface area contributed by atoms with Crippen molar-refractivity contribution in [3.63, 3.8) is 0 Å². The molecule has 0 saturated carbocycles. The molecule has 1 unspecified atom stereocenters.